The molecule has 0 radical (unpaired) electrons. The molecule has 1 unspecified atom stereocenters. The second-order valence-electron chi connectivity index (χ2n) is 6.14. The normalized spacial score (nSPS) is 17.2. The van der Waals surface area contributed by atoms with Crippen LogP contribution in [0.25, 0.3) is 0 Å². The van der Waals surface area contributed by atoms with E-state index >= 15 is 0 Å². The molecule has 2 aromatic rings. The van der Waals surface area contributed by atoms with E-state index in [1.54, 1.807) is 12.3 Å². The number of rotatable bonds is 7. The Balaban J connectivity index is 1.42. The van der Waals surface area contributed by atoms with E-state index in [9.17, 15) is 4.79 Å². The van der Waals surface area contributed by atoms with Crippen molar-refractivity contribution in [2.75, 3.05) is 13.2 Å². The summed E-state index contributed by atoms with van der Waals surface area (Å²) in [7, 11) is 0. The van der Waals surface area contributed by atoms with E-state index in [-0.39, 0.29) is 24.3 Å². The van der Waals surface area contributed by atoms with Gasteiger partial charge >= 0.3 is 0 Å². The van der Waals surface area contributed by atoms with Crippen molar-refractivity contribution in [3.05, 3.63) is 41.5 Å². The van der Waals surface area contributed by atoms with Gasteiger partial charge in [-0.3, -0.25) is 9.78 Å². The summed E-state index contributed by atoms with van der Waals surface area (Å²) >= 11 is 0. The fourth-order valence-electron chi connectivity index (χ4n) is 2.65. The van der Waals surface area contributed by atoms with E-state index in [4.69, 9.17) is 14.0 Å². The molecule has 0 spiro atoms. The third kappa shape index (κ3) is 5.29. The van der Waals surface area contributed by atoms with Crippen LogP contribution in [0.1, 0.15) is 47.6 Å². The van der Waals surface area contributed by atoms with Gasteiger partial charge in [-0.15, -0.1) is 0 Å². The summed E-state index contributed by atoms with van der Waals surface area (Å²) in [6.45, 7) is 3.49. The second-order valence-corrected chi connectivity index (χ2v) is 6.14. The molecule has 0 saturated carbocycles. The third-order valence-electron chi connectivity index (χ3n) is 4.08. The molecular formula is C18H23N3O4. The Labute approximate surface area is 146 Å². The molecule has 2 aromatic heterocycles. The third-order valence-corrected chi connectivity index (χ3v) is 4.08. The van der Waals surface area contributed by atoms with Crippen LogP contribution in [-0.4, -0.2) is 35.3 Å². The van der Waals surface area contributed by atoms with Crippen molar-refractivity contribution in [2.45, 2.75) is 45.3 Å². The maximum absolute atomic E-state index is 12.1. The molecule has 25 heavy (non-hydrogen) atoms. The molecule has 0 aromatic carbocycles. The molecule has 0 bridgehead atoms. The minimum atomic E-state index is -0.247. The molecule has 7 nitrogen and oxygen atoms in total. The minimum absolute atomic E-state index is 0.195. The van der Waals surface area contributed by atoms with Crippen molar-refractivity contribution in [3.63, 3.8) is 0 Å². The van der Waals surface area contributed by atoms with Crippen molar-refractivity contribution in [3.8, 4) is 5.75 Å². The predicted molar refractivity (Wildman–Crippen MR) is 90.4 cm³/mol. The van der Waals surface area contributed by atoms with Crippen LogP contribution in [0.2, 0.25) is 0 Å². The number of carbonyl (C=O) groups is 1. The molecule has 3 rings (SSSR count). The maximum atomic E-state index is 12.1. The number of carbonyl (C=O) groups excluding carboxylic acids is 1. The molecule has 1 aliphatic heterocycles. The zero-order valence-corrected chi connectivity index (χ0v) is 14.4. The summed E-state index contributed by atoms with van der Waals surface area (Å²) in [6.07, 6.45) is 6.10. The van der Waals surface area contributed by atoms with E-state index < -0.39 is 0 Å². The van der Waals surface area contributed by atoms with Gasteiger partial charge < -0.3 is 19.3 Å². The summed E-state index contributed by atoms with van der Waals surface area (Å²) in [5.74, 6) is 0.879. The highest BCUT2D eigenvalue weighted by Crippen LogP contribution is 2.15. The van der Waals surface area contributed by atoms with E-state index in [0.29, 0.717) is 18.1 Å². The van der Waals surface area contributed by atoms with E-state index in [0.717, 1.165) is 31.6 Å². The molecule has 1 N–H and O–H groups in total. The Morgan fingerprint density at radius 3 is 3.08 bits per heavy atom. The fourth-order valence-corrected chi connectivity index (χ4v) is 2.65. The van der Waals surface area contributed by atoms with Gasteiger partial charge in [-0.1, -0.05) is 5.16 Å². The zero-order valence-electron chi connectivity index (χ0n) is 14.4. The summed E-state index contributed by atoms with van der Waals surface area (Å²) < 4.78 is 16.3. The average Bonchev–Trinajstić information content (AvgIpc) is 3.11. The number of nitrogens with one attached hydrogen (secondary N) is 1. The van der Waals surface area contributed by atoms with Gasteiger partial charge in [0.25, 0.3) is 5.91 Å². The first-order valence-corrected chi connectivity index (χ1v) is 8.61. The van der Waals surface area contributed by atoms with Gasteiger partial charge in [-0.2, -0.15) is 0 Å². The topological polar surface area (TPSA) is 86.5 Å². The van der Waals surface area contributed by atoms with E-state index in [1.165, 1.54) is 6.42 Å². The second kappa shape index (κ2) is 8.62. The number of hydrogen-bond acceptors (Lipinski definition) is 6. The van der Waals surface area contributed by atoms with Crippen LogP contribution in [0.5, 0.6) is 5.75 Å². The standard InChI is InChI=1S/C18H23N3O4/c1-13-5-6-15(11-20-13)24-12-16-10-17(21-25-16)18(22)19-8-7-14-4-2-3-9-23-14/h5-6,10-11,14H,2-4,7-9,12H2,1H3,(H,19,22). The lowest BCUT2D eigenvalue weighted by Gasteiger charge is -2.22. The van der Waals surface area contributed by atoms with Crippen molar-refractivity contribution < 1.29 is 18.8 Å². The summed E-state index contributed by atoms with van der Waals surface area (Å²) in [5.41, 5.74) is 1.18. The Morgan fingerprint density at radius 1 is 1.40 bits per heavy atom. The molecule has 134 valence electrons. The highest BCUT2D eigenvalue weighted by atomic mass is 16.5. The van der Waals surface area contributed by atoms with Gasteiger partial charge in [0.15, 0.2) is 11.5 Å². The molecule has 1 amide bonds. The Kier molecular flexibility index (Phi) is 6.00. The van der Waals surface area contributed by atoms with Gasteiger partial charge in [0, 0.05) is 24.9 Å². The van der Waals surface area contributed by atoms with Crippen LogP contribution in [0.3, 0.4) is 0 Å². The van der Waals surface area contributed by atoms with Gasteiger partial charge in [-0.25, -0.2) is 0 Å². The van der Waals surface area contributed by atoms with Crippen molar-refractivity contribution in [1.29, 1.82) is 0 Å². The summed E-state index contributed by atoms with van der Waals surface area (Å²) in [6, 6.07) is 5.29. The molecule has 7 heteroatoms. The lowest BCUT2D eigenvalue weighted by molar-refractivity contribution is 0.0117. The van der Waals surface area contributed by atoms with E-state index in [2.05, 4.69) is 15.5 Å². The zero-order chi connectivity index (χ0) is 17.5. The molecular weight excluding hydrogens is 322 g/mol. The average molecular weight is 345 g/mol. The van der Waals surface area contributed by atoms with Crippen molar-refractivity contribution in [1.82, 2.24) is 15.5 Å². The van der Waals surface area contributed by atoms with Gasteiger partial charge in [0.05, 0.1) is 12.3 Å². The van der Waals surface area contributed by atoms with Gasteiger partial charge in [-0.05, 0) is 44.7 Å². The number of ether oxygens (including phenoxy) is 2. The number of hydrogen-bond donors (Lipinski definition) is 1. The molecule has 1 atom stereocenters. The van der Waals surface area contributed by atoms with Crippen LogP contribution in [0, 0.1) is 6.92 Å². The van der Waals surface area contributed by atoms with Crippen LogP contribution in [0.15, 0.2) is 28.9 Å². The first-order valence-electron chi connectivity index (χ1n) is 8.61. The quantitative estimate of drug-likeness (QED) is 0.830. The number of aryl methyl sites for hydroxylation is 1. The molecule has 1 fully saturated rings. The van der Waals surface area contributed by atoms with E-state index in [1.807, 2.05) is 19.1 Å². The monoisotopic (exact) mass is 345 g/mol. The molecule has 1 aliphatic rings. The SMILES string of the molecule is Cc1ccc(OCc2cc(C(=O)NCCC3CCCCO3)no2)cn1. The smallest absolute Gasteiger partial charge is 0.273 e. The van der Waals surface area contributed by atoms with Gasteiger partial charge in [0.2, 0.25) is 0 Å². The lowest BCUT2D eigenvalue weighted by atomic mass is 10.1. The van der Waals surface area contributed by atoms with Crippen molar-refractivity contribution >= 4 is 5.91 Å². The molecule has 1 saturated heterocycles. The van der Waals surface area contributed by atoms with Crippen LogP contribution in [-0.2, 0) is 11.3 Å². The number of aromatic nitrogens is 2. The summed E-state index contributed by atoms with van der Waals surface area (Å²) in [5, 5.41) is 6.64. The van der Waals surface area contributed by atoms with Crippen LogP contribution >= 0.6 is 0 Å². The number of nitrogens with zero attached hydrogens (tertiary/aromatic N) is 2. The maximum Gasteiger partial charge on any atom is 0.273 e. The first kappa shape index (κ1) is 17.4. The van der Waals surface area contributed by atoms with Crippen LogP contribution in [0.4, 0.5) is 0 Å². The lowest BCUT2D eigenvalue weighted by Crippen LogP contribution is -2.29. The Bertz CT molecular complexity index is 678. The van der Waals surface area contributed by atoms with Crippen LogP contribution < -0.4 is 10.1 Å². The Hall–Kier alpha value is -2.41. The predicted octanol–water partition coefficient (Wildman–Crippen LogP) is 2.65. The first-order chi connectivity index (χ1) is 12.2. The fraction of sp³-hybridized carbons (Fsp3) is 0.500. The highest BCUT2D eigenvalue weighted by Gasteiger charge is 2.16. The van der Waals surface area contributed by atoms with Crippen molar-refractivity contribution in [2.24, 2.45) is 0 Å². The highest BCUT2D eigenvalue weighted by molar-refractivity contribution is 5.92. The Morgan fingerprint density at radius 2 is 2.32 bits per heavy atom. The minimum Gasteiger partial charge on any atom is -0.484 e. The molecule has 3 heterocycles. The largest absolute Gasteiger partial charge is 0.484 e. The summed E-state index contributed by atoms with van der Waals surface area (Å²) in [4.78, 5) is 16.2. The number of amides is 1. The van der Waals surface area contributed by atoms with Gasteiger partial charge in [0.1, 0.15) is 12.4 Å². The molecule has 0 aliphatic carbocycles. The number of pyridine rings is 1.